The van der Waals surface area contributed by atoms with Gasteiger partial charge in [0, 0.05) is 16.0 Å². The molecular formula is C13H17Cl2F. The third kappa shape index (κ3) is 3.36. The van der Waals surface area contributed by atoms with Crippen LogP contribution in [-0.2, 0) is 6.42 Å². The van der Waals surface area contributed by atoms with Gasteiger partial charge in [-0.05, 0) is 30.4 Å². The van der Waals surface area contributed by atoms with Crippen LogP contribution in [0.4, 0.5) is 4.39 Å². The van der Waals surface area contributed by atoms with Gasteiger partial charge in [-0.3, -0.25) is 0 Å². The number of halogens is 3. The molecule has 0 bridgehead atoms. The van der Waals surface area contributed by atoms with Crippen molar-refractivity contribution in [2.75, 3.05) is 0 Å². The molecule has 0 aliphatic heterocycles. The molecule has 0 nitrogen and oxygen atoms in total. The minimum Gasteiger partial charge on any atom is -0.207 e. The number of hydrogen-bond donors (Lipinski definition) is 0. The summed E-state index contributed by atoms with van der Waals surface area (Å²) in [5.41, 5.74) is 0.525. The van der Waals surface area contributed by atoms with Crippen molar-refractivity contribution in [3.05, 3.63) is 34.6 Å². The lowest BCUT2D eigenvalue weighted by Gasteiger charge is -2.22. The smallest absolute Gasteiger partial charge is 0.127 e. The van der Waals surface area contributed by atoms with Crippen molar-refractivity contribution in [2.24, 2.45) is 11.8 Å². The number of rotatable bonds is 4. The van der Waals surface area contributed by atoms with E-state index in [9.17, 15) is 4.39 Å². The van der Waals surface area contributed by atoms with Gasteiger partial charge >= 0.3 is 0 Å². The first-order valence-electron chi connectivity index (χ1n) is 5.50. The Labute approximate surface area is 107 Å². The third-order valence-corrected chi connectivity index (χ3v) is 3.99. The second kappa shape index (κ2) is 5.88. The number of benzene rings is 1. The second-order valence-electron chi connectivity index (χ2n) is 4.52. The Kier molecular flexibility index (Phi) is 5.07. The Hall–Kier alpha value is -0.270. The highest BCUT2D eigenvalue weighted by molar-refractivity contribution is 6.31. The molecule has 0 amide bonds. The van der Waals surface area contributed by atoms with Crippen LogP contribution in [0.1, 0.15) is 26.3 Å². The summed E-state index contributed by atoms with van der Waals surface area (Å²) in [5, 5.41) is 0.371. The number of hydrogen-bond acceptors (Lipinski definition) is 0. The lowest BCUT2D eigenvalue weighted by Crippen LogP contribution is -2.20. The maximum atomic E-state index is 13.5. The molecule has 0 radical (unpaired) electrons. The van der Waals surface area contributed by atoms with Crippen molar-refractivity contribution < 1.29 is 4.39 Å². The highest BCUT2D eigenvalue weighted by Gasteiger charge is 2.20. The van der Waals surface area contributed by atoms with Crippen LogP contribution >= 0.6 is 23.2 Å². The van der Waals surface area contributed by atoms with Gasteiger partial charge in [-0.1, -0.05) is 38.4 Å². The summed E-state index contributed by atoms with van der Waals surface area (Å²) >= 11 is 12.2. The summed E-state index contributed by atoms with van der Waals surface area (Å²) in [6, 6.07) is 4.73. The molecular weight excluding hydrogens is 246 g/mol. The van der Waals surface area contributed by atoms with Crippen LogP contribution in [0.5, 0.6) is 0 Å². The van der Waals surface area contributed by atoms with Crippen LogP contribution in [0.2, 0.25) is 5.02 Å². The maximum absolute atomic E-state index is 13.5. The molecule has 1 rings (SSSR count). The highest BCUT2D eigenvalue weighted by atomic mass is 35.5. The van der Waals surface area contributed by atoms with Crippen molar-refractivity contribution >= 4 is 23.2 Å². The second-order valence-corrected chi connectivity index (χ2v) is 5.49. The van der Waals surface area contributed by atoms with Gasteiger partial charge in [-0.25, -0.2) is 4.39 Å². The van der Waals surface area contributed by atoms with Gasteiger partial charge in [0.15, 0.2) is 0 Å². The van der Waals surface area contributed by atoms with Crippen LogP contribution < -0.4 is 0 Å². The van der Waals surface area contributed by atoms with Gasteiger partial charge in [-0.15, -0.1) is 11.6 Å². The molecule has 1 aromatic rings. The fourth-order valence-electron chi connectivity index (χ4n) is 1.53. The zero-order valence-corrected chi connectivity index (χ0v) is 11.3. The molecule has 3 heteroatoms. The molecule has 0 N–H and O–H groups in total. The van der Waals surface area contributed by atoms with E-state index in [-0.39, 0.29) is 11.2 Å². The summed E-state index contributed by atoms with van der Waals surface area (Å²) in [5.74, 6) is 0.541. The fourth-order valence-corrected chi connectivity index (χ4v) is 2.21. The molecule has 90 valence electrons. The SMILES string of the molecule is CC(C)C(C)C(Cl)Cc1c(F)cccc1Cl. The standard InChI is InChI=1S/C13H17Cl2F/c1-8(2)9(3)12(15)7-10-11(14)5-4-6-13(10)16/h4-6,8-9,12H,7H2,1-3H3. The Bertz CT molecular complexity index is 330. The van der Waals surface area contributed by atoms with Crippen LogP contribution in [0, 0.1) is 17.7 Å². The predicted molar refractivity (Wildman–Crippen MR) is 68.8 cm³/mol. The first-order chi connectivity index (χ1) is 7.43. The van der Waals surface area contributed by atoms with Gasteiger partial charge in [0.2, 0.25) is 0 Å². The minimum atomic E-state index is -0.269. The summed E-state index contributed by atoms with van der Waals surface area (Å²) in [7, 11) is 0. The first-order valence-corrected chi connectivity index (χ1v) is 6.32. The molecule has 0 spiro atoms. The monoisotopic (exact) mass is 262 g/mol. The van der Waals surface area contributed by atoms with E-state index in [1.54, 1.807) is 12.1 Å². The molecule has 0 aromatic heterocycles. The third-order valence-electron chi connectivity index (χ3n) is 3.08. The maximum Gasteiger partial charge on any atom is 0.127 e. The van der Waals surface area contributed by atoms with Crippen LogP contribution in [0.3, 0.4) is 0 Å². The van der Waals surface area contributed by atoms with Gasteiger partial charge in [0.05, 0.1) is 0 Å². The van der Waals surface area contributed by atoms with Gasteiger partial charge < -0.3 is 0 Å². The molecule has 2 unspecified atom stereocenters. The van der Waals surface area contributed by atoms with E-state index in [0.717, 1.165) is 0 Å². The highest BCUT2D eigenvalue weighted by Crippen LogP contribution is 2.27. The van der Waals surface area contributed by atoms with Gasteiger partial charge in [-0.2, -0.15) is 0 Å². The zero-order chi connectivity index (χ0) is 12.3. The lowest BCUT2D eigenvalue weighted by atomic mass is 9.91. The molecule has 0 saturated carbocycles. The van der Waals surface area contributed by atoms with Crippen LogP contribution in [0.25, 0.3) is 0 Å². The van der Waals surface area contributed by atoms with E-state index in [2.05, 4.69) is 20.8 Å². The van der Waals surface area contributed by atoms with E-state index in [4.69, 9.17) is 23.2 Å². The molecule has 0 fully saturated rings. The average molecular weight is 263 g/mol. The Balaban J connectivity index is 2.80. The van der Waals surface area contributed by atoms with Crippen molar-refractivity contribution in [3.63, 3.8) is 0 Å². The normalized spacial score (nSPS) is 15.2. The largest absolute Gasteiger partial charge is 0.207 e. The van der Waals surface area contributed by atoms with E-state index < -0.39 is 0 Å². The molecule has 0 heterocycles. The Morgan fingerprint density at radius 1 is 1.25 bits per heavy atom. The van der Waals surface area contributed by atoms with E-state index in [1.165, 1.54) is 6.07 Å². The van der Waals surface area contributed by atoms with Crippen LogP contribution in [-0.4, -0.2) is 5.38 Å². The Morgan fingerprint density at radius 2 is 1.88 bits per heavy atom. The lowest BCUT2D eigenvalue weighted by molar-refractivity contribution is 0.396. The van der Waals surface area contributed by atoms with Gasteiger partial charge in [0.25, 0.3) is 0 Å². The molecule has 16 heavy (non-hydrogen) atoms. The first kappa shape index (κ1) is 13.8. The van der Waals surface area contributed by atoms with Crippen molar-refractivity contribution in [2.45, 2.75) is 32.6 Å². The topological polar surface area (TPSA) is 0 Å². The molecule has 2 atom stereocenters. The fraction of sp³-hybridized carbons (Fsp3) is 0.538. The summed E-state index contributed by atoms with van der Waals surface area (Å²) in [6.07, 6.45) is 0.479. The Morgan fingerprint density at radius 3 is 2.38 bits per heavy atom. The molecule has 0 aliphatic carbocycles. The predicted octanol–water partition coefficient (Wildman–Crippen LogP) is 4.92. The number of alkyl halides is 1. The summed E-state index contributed by atoms with van der Waals surface area (Å²) < 4.78 is 13.5. The molecule has 0 aliphatic rings. The van der Waals surface area contributed by atoms with Crippen molar-refractivity contribution in [1.29, 1.82) is 0 Å². The quantitative estimate of drug-likeness (QED) is 0.676. The van der Waals surface area contributed by atoms with Crippen molar-refractivity contribution in [1.82, 2.24) is 0 Å². The van der Waals surface area contributed by atoms with Gasteiger partial charge in [0.1, 0.15) is 5.82 Å². The van der Waals surface area contributed by atoms with E-state index in [0.29, 0.717) is 28.8 Å². The van der Waals surface area contributed by atoms with E-state index >= 15 is 0 Å². The summed E-state index contributed by atoms with van der Waals surface area (Å²) in [4.78, 5) is 0. The average Bonchev–Trinajstić information content (AvgIpc) is 2.22. The van der Waals surface area contributed by atoms with E-state index in [1.807, 2.05) is 0 Å². The minimum absolute atomic E-state index is 0.0885. The summed E-state index contributed by atoms with van der Waals surface area (Å²) in [6.45, 7) is 6.31. The molecule has 0 saturated heterocycles. The zero-order valence-electron chi connectivity index (χ0n) is 9.81. The van der Waals surface area contributed by atoms with Crippen LogP contribution in [0.15, 0.2) is 18.2 Å². The molecule has 1 aromatic carbocycles. The van der Waals surface area contributed by atoms with Crippen molar-refractivity contribution in [3.8, 4) is 0 Å².